The first-order valence-electron chi connectivity index (χ1n) is 7.38. The van der Waals surface area contributed by atoms with Crippen molar-refractivity contribution in [3.05, 3.63) is 60.0 Å². The maximum absolute atomic E-state index is 4.80. The van der Waals surface area contributed by atoms with Crippen molar-refractivity contribution in [1.29, 1.82) is 0 Å². The molecule has 3 aromatic rings. The normalized spacial score (nSPS) is 12.7. The molecule has 1 aromatic carbocycles. The third-order valence-electron chi connectivity index (χ3n) is 3.68. The van der Waals surface area contributed by atoms with Crippen LogP contribution in [0.25, 0.3) is 10.9 Å². The summed E-state index contributed by atoms with van der Waals surface area (Å²) >= 11 is 0. The summed E-state index contributed by atoms with van der Waals surface area (Å²) in [6.45, 7) is 3.09. The Hall–Kier alpha value is -2.20. The third kappa shape index (κ3) is 2.67. The predicted octanol–water partition coefficient (Wildman–Crippen LogP) is 3.15. The lowest BCUT2D eigenvalue weighted by Crippen LogP contribution is -2.22. The van der Waals surface area contributed by atoms with Crippen LogP contribution < -0.4 is 5.32 Å². The molecular weight excluding hydrogens is 260 g/mol. The maximum atomic E-state index is 4.80. The van der Waals surface area contributed by atoms with Crippen LogP contribution in [0.2, 0.25) is 0 Å². The standard InChI is InChI=1S/C17H20N4/c1-3-12-21-16(10-11-19-21)17(18-2)15-9-8-13-6-4-5-7-14(13)20-15/h4-11,17-18H,3,12H2,1-2H3. The maximum Gasteiger partial charge on any atom is 0.0919 e. The second-order valence-electron chi connectivity index (χ2n) is 5.13. The molecule has 0 saturated heterocycles. The Morgan fingerprint density at radius 1 is 1.14 bits per heavy atom. The summed E-state index contributed by atoms with van der Waals surface area (Å²) in [5, 5.41) is 8.94. The summed E-state index contributed by atoms with van der Waals surface area (Å²) in [6.07, 6.45) is 2.92. The van der Waals surface area contributed by atoms with Crippen molar-refractivity contribution in [2.45, 2.75) is 25.9 Å². The minimum atomic E-state index is 0.0589. The van der Waals surface area contributed by atoms with Gasteiger partial charge >= 0.3 is 0 Å². The summed E-state index contributed by atoms with van der Waals surface area (Å²) < 4.78 is 2.05. The van der Waals surface area contributed by atoms with Crippen molar-refractivity contribution in [1.82, 2.24) is 20.1 Å². The van der Waals surface area contributed by atoms with Crippen molar-refractivity contribution in [2.75, 3.05) is 7.05 Å². The number of nitrogens with zero attached hydrogens (tertiary/aromatic N) is 3. The van der Waals surface area contributed by atoms with Crippen LogP contribution in [0, 0.1) is 0 Å². The fraction of sp³-hybridized carbons (Fsp3) is 0.294. The number of aromatic nitrogens is 3. The summed E-state index contributed by atoms with van der Waals surface area (Å²) in [6, 6.07) is 14.5. The van der Waals surface area contributed by atoms with E-state index in [0.29, 0.717) is 0 Å². The molecule has 2 aromatic heterocycles. The number of nitrogens with one attached hydrogen (secondary N) is 1. The summed E-state index contributed by atoms with van der Waals surface area (Å²) in [7, 11) is 1.96. The zero-order valence-electron chi connectivity index (χ0n) is 12.5. The van der Waals surface area contributed by atoms with Crippen molar-refractivity contribution in [2.24, 2.45) is 0 Å². The van der Waals surface area contributed by atoms with Gasteiger partial charge in [0.2, 0.25) is 0 Å². The predicted molar refractivity (Wildman–Crippen MR) is 85.2 cm³/mol. The van der Waals surface area contributed by atoms with E-state index in [4.69, 9.17) is 4.98 Å². The summed E-state index contributed by atoms with van der Waals surface area (Å²) in [5.41, 5.74) is 3.20. The fourth-order valence-corrected chi connectivity index (χ4v) is 2.68. The summed E-state index contributed by atoms with van der Waals surface area (Å²) in [5.74, 6) is 0. The number of hydrogen-bond donors (Lipinski definition) is 1. The molecule has 3 rings (SSSR count). The van der Waals surface area contributed by atoms with Crippen LogP contribution in [0.4, 0.5) is 0 Å². The molecule has 1 atom stereocenters. The van der Waals surface area contributed by atoms with Crippen molar-refractivity contribution in [3.63, 3.8) is 0 Å². The highest BCUT2D eigenvalue weighted by Gasteiger charge is 2.17. The largest absolute Gasteiger partial charge is 0.307 e. The second kappa shape index (κ2) is 6.06. The molecule has 0 bridgehead atoms. The van der Waals surface area contributed by atoms with Crippen molar-refractivity contribution >= 4 is 10.9 Å². The molecule has 0 aliphatic heterocycles. The second-order valence-corrected chi connectivity index (χ2v) is 5.13. The first kappa shape index (κ1) is 13.8. The third-order valence-corrected chi connectivity index (χ3v) is 3.68. The van der Waals surface area contributed by atoms with Crippen LogP contribution in [0.1, 0.15) is 30.8 Å². The van der Waals surface area contributed by atoms with Gasteiger partial charge in [-0.2, -0.15) is 5.10 Å². The minimum absolute atomic E-state index is 0.0589. The highest BCUT2D eigenvalue weighted by molar-refractivity contribution is 5.78. The van der Waals surface area contributed by atoms with E-state index in [-0.39, 0.29) is 6.04 Å². The van der Waals surface area contributed by atoms with Gasteiger partial charge < -0.3 is 5.32 Å². The molecule has 0 fully saturated rings. The molecule has 0 amide bonds. The van der Waals surface area contributed by atoms with Gasteiger partial charge in [0.1, 0.15) is 0 Å². The van der Waals surface area contributed by atoms with E-state index in [0.717, 1.165) is 35.3 Å². The van der Waals surface area contributed by atoms with Gasteiger partial charge in [-0.25, -0.2) is 0 Å². The summed E-state index contributed by atoms with van der Waals surface area (Å²) in [4.78, 5) is 4.80. The SMILES string of the molecule is CCCn1nccc1C(NC)c1ccc2ccccc2n1. The number of para-hydroxylation sites is 1. The molecular formula is C17H20N4. The smallest absolute Gasteiger partial charge is 0.0919 e. The Kier molecular flexibility index (Phi) is 3.97. The van der Waals surface area contributed by atoms with E-state index in [1.807, 2.05) is 25.4 Å². The monoisotopic (exact) mass is 280 g/mol. The quantitative estimate of drug-likeness (QED) is 0.780. The molecule has 4 nitrogen and oxygen atoms in total. The lowest BCUT2D eigenvalue weighted by Gasteiger charge is -2.18. The van der Waals surface area contributed by atoms with Gasteiger partial charge in [0.05, 0.1) is 22.9 Å². The average Bonchev–Trinajstić information content (AvgIpc) is 2.97. The minimum Gasteiger partial charge on any atom is -0.307 e. The molecule has 0 saturated carbocycles. The highest BCUT2D eigenvalue weighted by Crippen LogP contribution is 2.22. The molecule has 0 aliphatic carbocycles. The van der Waals surface area contributed by atoms with Crippen LogP contribution in [0.5, 0.6) is 0 Å². The number of hydrogen-bond acceptors (Lipinski definition) is 3. The van der Waals surface area contributed by atoms with Gasteiger partial charge in [0, 0.05) is 18.1 Å². The topological polar surface area (TPSA) is 42.7 Å². The lowest BCUT2D eigenvalue weighted by molar-refractivity contribution is 0.530. The van der Waals surface area contributed by atoms with Crippen molar-refractivity contribution < 1.29 is 0 Å². The van der Waals surface area contributed by atoms with Gasteiger partial charge in [-0.3, -0.25) is 9.67 Å². The number of aryl methyl sites for hydroxylation is 1. The zero-order chi connectivity index (χ0) is 14.7. The van der Waals surface area contributed by atoms with Gasteiger partial charge in [-0.1, -0.05) is 31.2 Å². The Morgan fingerprint density at radius 3 is 2.81 bits per heavy atom. The van der Waals surface area contributed by atoms with Crippen LogP contribution >= 0.6 is 0 Å². The fourth-order valence-electron chi connectivity index (χ4n) is 2.68. The van der Waals surface area contributed by atoms with E-state index in [2.05, 4.69) is 52.4 Å². The van der Waals surface area contributed by atoms with Crippen LogP contribution in [-0.4, -0.2) is 21.8 Å². The van der Waals surface area contributed by atoms with Gasteiger partial charge in [-0.05, 0) is 31.7 Å². The van der Waals surface area contributed by atoms with Crippen LogP contribution in [0.15, 0.2) is 48.7 Å². The molecule has 0 spiro atoms. The number of rotatable bonds is 5. The number of benzene rings is 1. The molecule has 1 N–H and O–H groups in total. The first-order chi connectivity index (χ1) is 10.3. The number of fused-ring (bicyclic) bond motifs is 1. The Labute approximate surface area is 124 Å². The van der Waals surface area contributed by atoms with E-state index >= 15 is 0 Å². The first-order valence-corrected chi connectivity index (χ1v) is 7.38. The lowest BCUT2D eigenvalue weighted by atomic mass is 10.1. The molecule has 2 heterocycles. The van der Waals surface area contributed by atoms with E-state index in [1.54, 1.807) is 0 Å². The Morgan fingerprint density at radius 2 is 2.00 bits per heavy atom. The molecule has 4 heteroatoms. The highest BCUT2D eigenvalue weighted by atomic mass is 15.3. The Bertz CT molecular complexity index is 732. The van der Waals surface area contributed by atoms with Crippen molar-refractivity contribution in [3.8, 4) is 0 Å². The van der Waals surface area contributed by atoms with E-state index in [9.17, 15) is 0 Å². The van der Waals surface area contributed by atoms with Gasteiger partial charge in [0.15, 0.2) is 0 Å². The van der Waals surface area contributed by atoms with E-state index < -0.39 is 0 Å². The molecule has 1 unspecified atom stereocenters. The zero-order valence-corrected chi connectivity index (χ0v) is 12.5. The average molecular weight is 280 g/mol. The molecule has 0 aliphatic rings. The van der Waals surface area contributed by atoms with Crippen LogP contribution in [-0.2, 0) is 6.54 Å². The molecule has 21 heavy (non-hydrogen) atoms. The van der Waals surface area contributed by atoms with Gasteiger partial charge in [0.25, 0.3) is 0 Å². The Balaban J connectivity index is 2.03. The van der Waals surface area contributed by atoms with E-state index in [1.165, 1.54) is 0 Å². The van der Waals surface area contributed by atoms with Crippen LogP contribution in [0.3, 0.4) is 0 Å². The molecule has 108 valence electrons. The number of pyridine rings is 1. The van der Waals surface area contributed by atoms with Gasteiger partial charge in [-0.15, -0.1) is 0 Å². The molecule has 0 radical (unpaired) electrons.